The van der Waals surface area contributed by atoms with Crippen molar-refractivity contribution in [3.8, 4) is 0 Å². The molecule has 0 aromatic carbocycles. The molecule has 0 bridgehead atoms. The van der Waals surface area contributed by atoms with Gasteiger partial charge in [0.2, 0.25) is 0 Å². The molecule has 120 valence electrons. The number of hydrogen-bond acceptors (Lipinski definition) is 4. The molecule has 0 radical (unpaired) electrons. The Morgan fingerprint density at radius 2 is 2.14 bits per heavy atom. The van der Waals surface area contributed by atoms with E-state index in [-0.39, 0.29) is 6.09 Å². The highest BCUT2D eigenvalue weighted by atomic mass is 16.6. The Morgan fingerprint density at radius 3 is 2.71 bits per heavy atom. The van der Waals surface area contributed by atoms with Gasteiger partial charge in [0, 0.05) is 38.9 Å². The van der Waals surface area contributed by atoms with E-state index in [9.17, 15) is 4.79 Å². The molecule has 0 atom stereocenters. The van der Waals surface area contributed by atoms with E-state index in [1.165, 1.54) is 0 Å². The van der Waals surface area contributed by atoms with E-state index in [2.05, 4.69) is 21.8 Å². The van der Waals surface area contributed by atoms with Gasteiger partial charge in [-0.15, -0.1) is 0 Å². The van der Waals surface area contributed by atoms with E-state index in [4.69, 9.17) is 4.74 Å². The van der Waals surface area contributed by atoms with Crippen LogP contribution in [0.25, 0.3) is 0 Å². The maximum Gasteiger partial charge on any atom is 0.410 e. The van der Waals surface area contributed by atoms with Crippen LogP contribution in [-0.2, 0) is 17.8 Å². The summed E-state index contributed by atoms with van der Waals surface area (Å²) in [6.07, 6.45) is 3.43. The Kier molecular flexibility index (Phi) is 6.68. The summed E-state index contributed by atoms with van der Waals surface area (Å²) in [4.78, 5) is 17.8. The average molecular weight is 296 g/mol. The predicted octanol–water partition coefficient (Wildman–Crippen LogP) is 2.25. The number of hydrogen-bond donors (Lipinski definition) is 1. The van der Waals surface area contributed by atoms with Gasteiger partial charge in [-0.05, 0) is 34.6 Å². The Hall–Kier alpha value is -1.56. The normalized spacial score (nSPS) is 11.5. The van der Waals surface area contributed by atoms with Crippen LogP contribution in [0.3, 0.4) is 0 Å². The number of amides is 1. The van der Waals surface area contributed by atoms with Gasteiger partial charge in [0.15, 0.2) is 0 Å². The van der Waals surface area contributed by atoms with Gasteiger partial charge in [0.1, 0.15) is 5.60 Å². The smallest absolute Gasteiger partial charge is 0.410 e. The van der Waals surface area contributed by atoms with Crippen LogP contribution >= 0.6 is 0 Å². The molecule has 1 aromatic heterocycles. The summed E-state index contributed by atoms with van der Waals surface area (Å²) in [5, 5.41) is 3.33. The molecule has 0 aliphatic carbocycles. The first-order valence-electron chi connectivity index (χ1n) is 7.55. The molecule has 1 heterocycles. The van der Waals surface area contributed by atoms with Crippen LogP contribution in [0.2, 0.25) is 0 Å². The highest BCUT2D eigenvalue weighted by molar-refractivity contribution is 5.68. The van der Waals surface area contributed by atoms with Crippen molar-refractivity contribution >= 4 is 6.09 Å². The van der Waals surface area contributed by atoms with Crippen molar-refractivity contribution in [1.82, 2.24) is 19.8 Å². The van der Waals surface area contributed by atoms with E-state index in [0.717, 1.165) is 25.3 Å². The van der Waals surface area contributed by atoms with E-state index in [0.29, 0.717) is 13.1 Å². The van der Waals surface area contributed by atoms with Gasteiger partial charge in [-0.25, -0.2) is 9.78 Å². The Bertz CT molecular complexity index is 437. The monoisotopic (exact) mass is 296 g/mol. The second-order valence-corrected chi connectivity index (χ2v) is 5.91. The zero-order valence-corrected chi connectivity index (χ0v) is 13.8. The van der Waals surface area contributed by atoms with Gasteiger partial charge in [-0.2, -0.15) is 0 Å². The Labute approximate surface area is 127 Å². The largest absolute Gasteiger partial charge is 0.444 e. The number of nitrogens with zero attached hydrogens (tertiary/aromatic N) is 3. The zero-order valence-electron chi connectivity index (χ0n) is 13.8. The summed E-state index contributed by atoms with van der Waals surface area (Å²) in [6.45, 7) is 13.3. The fraction of sp³-hybridized carbons (Fsp3) is 0.733. The van der Waals surface area contributed by atoms with Gasteiger partial charge in [0.05, 0.1) is 12.0 Å². The van der Waals surface area contributed by atoms with Crippen molar-refractivity contribution in [1.29, 1.82) is 0 Å². The second-order valence-electron chi connectivity index (χ2n) is 5.91. The highest BCUT2D eigenvalue weighted by Gasteiger charge is 2.20. The Morgan fingerprint density at radius 1 is 1.43 bits per heavy atom. The van der Waals surface area contributed by atoms with Crippen molar-refractivity contribution in [2.24, 2.45) is 0 Å². The van der Waals surface area contributed by atoms with Gasteiger partial charge >= 0.3 is 6.09 Å². The highest BCUT2D eigenvalue weighted by Crippen LogP contribution is 2.09. The third-order valence-electron chi connectivity index (χ3n) is 3.04. The minimum Gasteiger partial charge on any atom is -0.444 e. The molecule has 21 heavy (non-hydrogen) atoms. The average Bonchev–Trinajstić information content (AvgIpc) is 2.84. The van der Waals surface area contributed by atoms with Gasteiger partial charge in [0.25, 0.3) is 0 Å². The van der Waals surface area contributed by atoms with Crippen molar-refractivity contribution in [3.63, 3.8) is 0 Å². The summed E-state index contributed by atoms with van der Waals surface area (Å²) in [6, 6.07) is 0. The maximum atomic E-state index is 12.0. The third kappa shape index (κ3) is 6.16. The molecule has 1 aromatic rings. The van der Waals surface area contributed by atoms with Crippen LogP contribution in [0.4, 0.5) is 4.79 Å². The number of ether oxygens (including phenoxy) is 1. The number of rotatable bonds is 7. The number of carbonyl (C=O) groups is 1. The Balaban J connectivity index is 2.34. The van der Waals surface area contributed by atoms with E-state index < -0.39 is 5.60 Å². The molecular weight excluding hydrogens is 268 g/mol. The van der Waals surface area contributed by atoms with Crippen LogP contribution in [0.15, 0.2) is 12.5 Å². The SMILES string of the molecule is CCN(CCNCc1cncn1CC)C(=O)OC(C)(C)C. The first-order valence-corrected chi connectivity index (χ1v) is 7.55. The molecule has 0 aliphatic heterocycles. The van der Waals surface area contributed by atoms with Crippen LogP contribution < -0.4 is 5.32 Å². The molecule has 0 fully saturated rings. The lowest BCUT2D eigenvalue weighted by atomic mass is 10.2. The lowest BCUT2D eigenvalue weighted by molar-refractivity contribution is 0.0262. The van der Waals surface area contributed by atoms with Crippen LogP contribution in [0.5, 0.6) is 0 Å². The number of aromatic nitrogens is 2. The zero-order chi connectivity index (χ0) is 15.9. The van der Waals surface area contributed by atoms with E-state index in [1.54, 1.807) is 4.90 Å². The molecule has 1 N–H and O–H groups in total. The quantitative estimate of drug-likeness (QED) is 0.784. The van der Waals surface area contributed by atoms with Crippen molar-refractivity contribution in [2.45, 2.75) is 53.3 Å². The lowest BCUT2D eigenvalue weighted by Gasteiger charge is -2.26. The number of imidazole rings is 1. The number of likely N-dealkylation sites (N-methyl/N-ethyl adjacent to an activating group) is 1. The molecule has 1 rings (SSSR count). The third-order valence-corrected chi connectivity index (χ3v) is 3.04. The number of nitrogens with one attached hydrogen (secondary N) is 1. The second kappa shape index (κ2) is 8.02. The van der Waals surface area contributed by atoms with Crippen LogP contribution in [0, 0.1) is 0 Å². The summed E-state index contributed by atoms with van der Waals surface area (Å²) in [7, 11) is 0. The fourth-order valence-electron chi connectivity index (χ4n) is 1.92. The first-order chi connectivity index (χ1) is 9.87. The predicted molar refractivity (Wildman–Crippen MR) is 83.1 cm³/mol. The molecule has 6 heteroatoms. The molecule has 0 saturated heterocycles. The first kappa shape index (κ1) is 17.5. The number of aryl methyl sites for hydroxylation is 1. The standard InChI is InChI=1S/C15H28N4O2/c1-6-18(14(20)21-15(3,4)5)9-8-16-10-13-11-17-12-19(13)7-2/h11-12,16H,6-10H2,1-5H3. The summed E-state index contributed by atoms with van der Waals surface area (Å²) >= 11 is 0. The molecular formula is C15H28N4O2. The summed E-state index contributed by atoms with van der Waals surface area (Å²) in [5.74, 6) is 0. The number of carbonyl (C=O) groups excluding carboxylic acids is 1. The fourth-order valence-corrected chi connectivity index (χ4v) is 1.92. The summed E-state index contributed by atoms with van der Waals surface area (Å²) in [5.41, 5.74) is 0.698. The van der Waals surface area contributed by atoms with Crippen molar-refractivity contribution in [3.05, 3.63) is 18.2 Å². The lowest BCUT2D eigenvalue weighted by Crippen LogP contribution is -2.40. The molecule has 1 amide bonds. The van der Waals surface area contributed by atoms with Gasteiger partial charge < -0.3 is 19.5 Å². The van der Waals surface area contributed by atoms with Crippen LogP contribution in [-0.4, -0.2) is 45.8 Å². The van der Waals surface area contributed by atoms with Crippen molar-refractivity contribution < 1.29 is 9.53 Å². The molecule has 0 unspecified atom stereocenters. The molecule has 0 aliphatic rings. The minimum atomic E-state index is -0.453. The van der Waals surface area contributed by atoms with Crippen LogP contribution in [0.1, 0.15) is 40.3 Å². The van der Waals surface area contributed by atoms with E-state index >= 15 is 0 Å². The van der Waals surface area contributed by atoms with Gasteiger partial charge in [-0.3, -0.25) is 0 Å². The topological polar surface area (TPSA) is 59.4 Å². The maximum absolute atomic E-state index is 12.0. The van der Waals surface area contributed by atoms with Crippen molar-refractivity contribution in [2.75, 3.05) is 19.6 Å². The molecule has 6 nitrogen and oxygen atoms in total. The van der Waals surface area contributed by atoms with Gasteiger partial charge in [-0.1, -0.05) is 0 Å². The summed E-state index contributed by atoms with van der Waals surface area (Å²) < 4.78 is 7.47. The minimum absolute atomic E-state index is 0.259. The van der Waals surface area contributed by atoms with E-state index in [1.807, 2.05) is 40.2 Å². The molecule has 0 saturated carbocycles. The molecule has 0 spiro atoms.